The smallest absolute Gasteiger partial charge is 0.250 e. The second-order valence-electron chi connectivity index (χ2n) is 5.63. The van der Waals surface area contributed by atoms with E-state index in [0.29, 0.717) is 17.1 Å². The topological polar surface area (TPSA) is 75.4 Å². The van der Waals surface area contributed by atoms with E-state index in [4.69, 9.17) is 17.3 Å². The van der Waals surface area contributed by atoms with Gasteiger partial charge in [-0.15, -0.1) is 0 Å². The maximum Gasteiger partial charge on any atom is 0.250 e. The van der Waals surface area contributed by atoms with Crippen molar-refractivity contribution in [2.75, 3.05) is 18.5 Å². The Kier molecular flexibility index (Phi) is 4.89. The number of carbonyl (C=O) groups excluding carboxylic acids is 1. The predicted octanol–water partition coefficient (Wildman–Crippen LogP) is 2.79. The molecule has 20 heavy (non-hydrogen) atoms. The zero-order chi connectivity index (χ0) is 14.6. The van der Waals surface area contributed by atoms with Crippen LogP contribution in [0.3, 0.4) is 0 Å². The van der Waals surface area contributed by atoms with Gasteiger partial charge in [-0.25, -0.2) is 0 Å². The van der Waals surface area contributed by atoms with Gasteiger partial charge in [0.15, 0.2) is 0 Å². The molecule has 0 saturated heterocycles. The van der Waals surface area contributed by atoms with Crippen molar-refractivity contribution in [1.82, 2.24) is 0 Å². The number of amides is 1. The van der Waals surface area contributed by atoms with E-state index in [2.05, 4.69) is 5.32 Å². The van der Waals surface area contributed by atoms with Crippen LogP contribution in [0.4, 0.5) is 5.69 Å². The molecule has 0 aliphatic heterocycles. The monoisotopic (exact) mass is 296 g/mol. The number of rotatable bonds is 5. The molecule has 0 radical (unpaired) electrons. The van der Waals surface area contributed by atoms with E-state index in [1.807, 2.05) is 6.07 Å². The van der Waals surface area contributed by atoms with Gasteiger partial charge in [0.25, 0.3) is 0 Å². The number of halogens is 1. The molecular formula is C15H21ClN2O2. The van der Waals surface area contributed by atoms with Crippen molar-refractivity contribution in [3.8, 4) is 0 Å². The van der Waals surface area contributed by atoms with Gasteiger partial charge in [-0.2, -0.15) is 0 Å². The number of anilines is 1. The fraction of sp³-hybridized carbons (Fsp3) is 0.533. The highest BCUT2D eigenvalue weighted by atomic mass is 35.5. The van der Waals surface area contributed by atoms with Crippen molar-refractivity contribution >= 4 is 23.2 Å². The van der Waals surface area contributed by atoms with Gasteiger partial charge in [-0.05, 0) is 31.0 Å². The molecule has 1 fully saturated rings. The van der Waals surface area contributed by atoms with Gasteiger partial charge in [0.1, 0.15) is 0 Å². The maximum absolute atomic E-state index is 11.3. The van der Waals surface area contributed by atoms with Crippen molar-refractivity contribution in [3.05, 3.63) is 28.8 Å². The predicted molar refractivity (Wildman–Crippen MR) is 81.1 cm³/mol. The lowest BCUT2D eigenvalue weighted by Gasteiger charge is -2.36. The van der Waals surface area contributed by atoms with Gasteiger partial charge in [0.2, 0.25) is 5.91 Å². The average molecular weight is 297 g/mol. The molecule has 110 valence electrons. The lowest BCUT2D eigenvalue weighted by Crippen LogP contribution is -2.35. The fourth-order valence-electron chi connectivity index (χ4n) is 2.81. The van der Waals surface area contributed by atoms with E-state index in [1.54, 1.807) is 12.1 Å². The lowest BCUT2D eigenvalue weighted by molar-refractivity contribution is 0.0944. The number of nitrogens with one attached hydrogen (secondary N) is 1. The Morgan fingerprint density at radius 1 is 1.35 bits per heavy atom. The van der Waals surface area contributed by atoms with Crippen molar-refractivity contribution in [1.29, 1.82) is 0 Å². The number of carbonyl (C=O) groups is 1. The molecule has 2 rings (SSSR count). The average Bonchev–Trinajstić information content (AvgIpc) is 2.47. The third-order valence-electron chi connectivity index (χ3n) is 4.15. The van der Waals surface area contributed by atoms with Gasteiger partial charge >= 0.3 is 0 Å². The third-order valence-corrected chi connectivity index (χ3v) is 4.48. The van der Waals surface area contributed by atoms with Crippen LogP contribution in [0.1, 0.15) is 42.5 Å². The molecule has 0 aromatic heterocycles. The molecule has 0 atom stereocenters. The van der Waals surface area contributed by atoms with Gasteiger partial charge in [-0.1, -0.05) is 30.9 Å². The number of aliphatic hydroxyl groups is 1. The van der Waals surface area contributed by atoms with Gasteiger partial charge < -0.3 is 16.2 Å². The van der Waals surface area contributed by atoms with Crippen molar-refractivity contribution in [3.63, 3.8) is 0 Å². The summed E-state index contributed by atoms with van der Waals surface area (Å²) in [6, 6.07) is 5.15. The highest BCUT2D eigenvalue weighted by molar-refractivity contribution is 6.33. The largest absolute Gasteiger partial charge is 0.396 e. The van der Waals surface area contributed by atoms with Crippen LogP contribution in [-0.2, 0) is 0 Å². The first-order valence-corrected chi connectivity index (χ1v) is 7.38. The molecule has 4 nitrogen and oxygen atoms in total. The highest BCUT2D eigenvalue weighted by Gasteiger charge is 2.31. The SMILES string of the molecule is NC(=O)c1cc(NCC2(CO)CCCCC2)ccc1Cl. The van der Waals surface area contributed by atoms with Crippen LogP contribution < -0.4 is 11.1 Å². The second-order valence-corrected chi connectivity index (χ2v) is 6.04. The normalized spacial score (nSPS) is 17.7. The lowest BCUT2D eigenvalue weighted by atomic mass is 9.74. The van der Waals surface area contributed by atoms with Crippen LogP contribution in [0.15, 0.2) is 18.2 Å². The first-order chi connectivity index (χ1) is 9.56. The third kappa shape index (κ3) is 3.44. The Balaban J connectivity index is 2.06. The Morgan fingerprint density at radius 2 is 2.05 bits per heavy atom. The molecule has 1 aliphatic carbocycles. The van der Waals surface area contributed by atoms with E-state index in [9.17, 15) is 9.90 Å². The summed E-state index contributed by atoms with van der Waals surface area (Å²) in [6.45, 7) is 0.888. The zero-order valence-corrected chi connectivity index (χ0v) is 12.2. The summed E-state index contributed by atoms with van der Waals surface area (Å²) in [5, 5.41) is 13.3. The summed E-state index contributed by atoms with van der Waals surface area (Å²) in [5.41, 5.74) is 6.36. The summed E-state index contributed by atoms with van der Waals surface area (Å²) in [7, 11) is 0. The van der Waals surface area contributed by atoms with Gasteiger partial charge in [-0.3, -0.25) is 4.79 Å². The molecule has 0 unspecified atom stereocenters. The van der Waals surface area contributed by atoms with Crippen molar-refractivity contribution in [2.45, 2.75) is 32.1 Å². The molecule has 1 aromatic rings. The zero-order valence-electron chi connectivity index (χ0n) is 11.5. The number of benzene rings is 1. The Bertz CT molecular complexity index is 485. The molecule has 0 bridgehead atoms. The summed E-state index contributed by atoms with van der Waals surface area (Å²) >= 11 is 5.93. The Labute approximate surface area is 124 Å². The van der Waals surface area contributed by atoms with E-state index >= 15 is 0 Å². The van der Waals surface area contributed by atoms with E-state index in [-0.39, 0.29) is 12.0 Å². The second kappa shape index (κ2) is 6.46. The summed E-state index contributed by atoms with van der Waals surface area (Å²) < 4.78 is 0. The summed E-state index contributed by atoms with van der Waals surface area (Å²) in [5.74, 6) is -0.534. The standard InChI is InChI=1S/C15H21ClN2O2/c16-13-5-4-11(8-12(13)14(17)20)18-9-15(10-19)6-2-1-3-7-15/h4-5,8,18-19H,1-3,6-7,9-10H2,(H2,17,20). The van der Waals surface area contributed by atoms with Crippen LogP contribution >= 0.6 is 11.6 Å². The fourth-order valence-corrected chi connectivity index (χ4v) is 3.02. The molecular weight excluding hydrogens is 276 g/mol. The van der Waals surface area contributed by atoms with Crippen LogP contribution in [0.5, 0.6) is 0 Å². The minimum Gasteiger partial charge on any atom is -0.396 e. The molecule has 1 aliphatic rings. The number of hydrogen-bond donors (Lipinski definition) is 3. The molecule has 5 heteroatoms. The van der Waals surface area contributed by atoms with Gasteiger partial charge in [0, 0.05) is 17.6 Å². The number of nitrogens with two attached hydrogens (primary N) is 1. The Hall–Kier alpha value is -1.26. The minimum absolute atomic E-state index is 0.0508. The van der Waals surface area contributed by atoms with Crippen LogP contribution in [-0.4, -0.2) is 24.2 Å². The molecule has 0 spiro atoms. The Morgan fingerprint density at radius 3 is 2.65 bits per heavy atom. The van der Waals surface area contributed by atoms with E-state index in [0.717, 1.165) is 31.4 Å². The molecule has 4 N–H and O–H groups in total. The molecule has 1 saturated carbocycles. The van der Waals surface area contributed by atoms with E-state index < -0.39 is 5.91 Å². The van der Waals surface area contributed by atoms with E-state index in [1.165, 1.54) is 6.42 Å². The maximum atomic E-state index is 11.3. The quantitative estimate of drug-likeness (QED) is 0.782. The van der Waals surface area contributed by atoms with Crippen LogP contribution in [0.2, 0.25) is 5.02 Å². The van der Waals surface area contributed by atoms with Crippen molar-refractivity contribution < 1.29 is 9.90 Å². The summed E-state index contributed by atoms with van der Waals surface area (Å²) in [6.07, 6.45) is 5.64. The number of primary amides is 1. The molecule has 0 heterocycles. The van der Waals surface area contributed by atoms with Crippen molar-refractivity contribution in [2.24, 2.45) is 11.1 Å². The first-order valence-electron chi connectivity index (χ1n) is 7.00. The number of hydrogen-bond acceptors (Lipinski definition) is 3. The van der Waals surface area contributed by atoms with Gasteiger partial charge in [0.05, 0.1) is 17.2 Å². The first kappa shape index (κ1) is 15.1. The minimum atomic E-state index is -0.534. The van der Waals surface area contributed by atoms with Crippen LogP contribution in [0, 0.1) is 5.41 Å². The van der Waals surface area contributed by atoms with Crippen LogP contribution in [0.25, 0.3) is 0 Å². The highest BCUT2D eigenvalue weighted by Crippen LogP contribution is 2.36. The number of aliphatic hydroxyl groups excluding tert-OH is 1. The molecule has 1 amide bonds. The summed E-state index contributed by atoms with van der Waals surface area (Å²) in [4.78, 5) is 11.3. The molecule has 1 aromatic carbocycles.